The lowest BCUT2D eigenvalue weighted by atomic mass is 10.1. The van der Waals surface area contributed by atoms with Gasteiger partial charge in [-0.1, -0.05) is 17.7 Å². The number of aryl methyl sites for hydroxylation is 1. The lowest BCUT2D eigenvalue weighted by Crippen LogP contribution is -2.04. The zero-order chi connectivity index (χ0) is 47.4. The van der Waals surface area contributed by atoms with Crippen LogP contribution in [0.2, 0.25) is 0 Å². The van der Waals surface area contributed by atoms with Crippen LogP contribution in [0.15, 0.2) is 123 Å². The number of aromatic carboxylic acids is 1. The molecule has 0 saturated heterocycles. The number of hydrogen-bond acceptors (Lipinski definition) is 20. The van der Waals surface area contributed by atoms with Gasteiger partial charge < -0.3 is 21.1 Å². The molecule has 0 saturated carbocycles. The molecular formula is C34H24N8O18S4. The highest BCUT2D eigenvalue weighted by Crippen LogP contribution is 2.49. The molecule has 6 rings (SSSR count). The number of nitrogens with zero attached hydrogens (tertiary/aromatic N) is 7. The van der Waals surface area contributed by atoms with Gasteiger partial charge in [-0.2, -0.15) is 38.8 Å². The number of nitro benzene ring substituents is 1. The smallest absolute Gasteiger partial charge is 0.337 e. The number of benzene rings is 6. The van der Waals surface area contributed by atoms with Crippen molar-refractivity contribution in [1.29, 1.82) is 0 Å². The summed E-state index contributed by atoms with van der Waals surface area (Å²) in [5.41, 5.74) is 0.310. The second kappa shape index (κ2) is 16.3. The number of anilines is 1. The van der Waals surface area contributed by atoms with Gasteiger partial charge in [0.1, 0.15) is 48.0 Å². The molecule has 0 bridgehead atoms. The van der Waals surface area contributed by atoms with Gasteiger partial charge in [0.25, 0.3) is 46.2 Å². The van der Waals surface area contributed by atoms with Crippen molar-refractivity contribution in [3.8, 4) is 11.5 Å². The van der Waals surface area contributed by atoms with Crippen LogP contribution in [0, 0.1) is 17.0 Å². The monoisotopic (exact) mass is 960 g/mol. The van der Waals surface area contributed by atoms with Crippen LogP contribution in [0.5, 0.6) is 11.5 Å². The van der Waals surface area contributed by atoms with Gasteiger partial charge in [-0.05, 0) is 66.2 Å². The topological polar surface area (TPSA) is 439 Å². The number of nitro groups is 1. The third-order valence-corrected chi connectivity index (χ3v) is 12.3. The van der Waals surface area contributed by atoms with E-state index in [-0.39, 0.29) is 27.7 Å². The first-order valence-corrected chi connectivity index (χ1v) is 22.5. The lowest BCUT2D eigenvalue weighted by Gasteiger charge is -2.14. The van der Waals surface area contributed by atoms with Crippen molar-refractivity contribution >= 4 is 113 Å². The van der Waals surface area contributed by atoms with E-state index in [0.29, 0.717) is 29.8 Å². The predicted molar refractivity (Wildman–Crippen MR) is 219 cm³/mol. The van der Waals surface area contributed by atoms with Crippen molar-refractivity contribution in [3.05, 3.63) is 94.0 Å². The number of carboxylic acid groups (broad SMARTS) is 1. The van der Waals surface area contributed by atoms with E-state index in [0.717, 1.165) is 30.3 Å². The Kier molecular flexibility index (Phi) is 11.8. The van der Waals surface area contributed by atoms with E-state index in [4.69, 9.17) is 5.73 Å². The Morgan fingerprint density at radius 1 is 0.594 bits per heavy atom. The van der Waals surface area contributed by atoms with E-state index >= 15 is 0 Å². The van der Waals surface area contributed by atoms with Gasteiger partial charge in [-0.15, -0.1) is 25.6 Å². The second-order valence-electron chi connectivity index (χ2n) is 13.0. The van der Waals surface area contributed by atoms with Crippen molar-refractivity contribution in [1.82, 2.24) is 0 Å². The van der Waals surface area contributed by atoms with Crippen LogP contribution in [0.4, 0.5) is 45.5 Å². The van der Waals surface area contributed by atoms with Crippen molar-refractivity contribution in [3.63, 3.8) is 0 Å². The minimum absolute atomic E-state index is 0.0767. The molecule has 0 unspecified atom stereocenters. The third kappa shape index (κ3) is 9.18. The van der Waals surface area contributed by atoms with E-state index in [1.807, 2.05) is 0 Å². The largest absolute Gasteiger partial charge is 0.505 e. The Hall–Kier alpha value is -7.45. The molecule has 30 heteroatoms. The maximum Gasteiger partial charge on any atom is 0.337 e. The van der Waals surface area contributed by atoms with Crippen LogP contribution >= 0.6 is 0 Å². The highest BCUT2D eigenvalue weighted by molar-refractivity contribution is 7.86. The zero-order valence-corrected chi connectivity index (χ0v) is 34.7. The van der Waals surface area contributed by atoms with Crippen molar-refractivity contribution in [2.45, 2.75) is 26.5 Å². The number of fused-ring (bicyclic) bond motifs is 2. The van der Waals surface area contributed by atoms with Gasteiger partial charge >= 0.3 is 5.97 Å². The fourth-order valence-electron chi connectivity index (χ4n) is 5.92. The number of phenolic OH excluding ortho intramolecular Hbond substituents is 2. The number of azo groups is 3. The number of phenols is 2. The quantitative estimate of drug-likeness (QED) is 0.0199. The molecule has 0 atom stereocenters. The number of non-ortho nitro benzene ring substituents is 1. The maximum absolute atomic E-state index is 12.6. The van der Waals surface area contributed by atoms with Crippen LogP contribution in [-0.4, -0.2) is 78.1 Å². The number of hydrogen-bond donors (Lipinski definition) is 8. The van der Waals surface area contributed by atoms with E-state index in [2.05, 4.69) is 30.7 Å². The first-order chi connectivity index (χ1) is 29.6. The molecule has 0 aromatic heterocycles. The van der Waals surface area contributed by atoms with Crippen molar-refractivity contribution in [2.24, 2.45) is 30.7 Å². The maximum atomic E-state index is 12.6. The standard InChI is InChI=1S/C34H24N8O18S4/c1-14-2-6-21(20(8-14)34(45)46)37-40-30-25(63(55,56)57)9-15-3-4-17(12-19(15)32(30)43)36-39-29-24(62(52,53)54)10-16-11-26(64(58,59)60)31(33(44)27(16)28(29)35)41-38-22-7-5-18(42(47)48)13-23(22)61(49,50)51/h2-13,43-44H,35H2,1H3,(H,45,46)(H,49,50,51)(H,52,53,54)(H,55,56,57)(H,58,59,60). The number of nitrogen functional groups attached to an aromatic ring is 1. The highest BCUT2D eigenvalue weighted by Gasteiger charge is 2.29. The Morgan fingerprint density at radius 3 is 1.64 bits per heavy atom. The summed E-state index contributed by atoms with van der Waals surface area (Å²) in [6.07, 6.45) is 0. The van der Waals surface area contributed by atoms with Gasteiger partial charge in [0.2, 0.25) is 0 Å². The molecule has 0 aliphatic rings. The Bertz CT molecular complexity index is 3620. The number of carbonyl (C=O) groups is 1. The summed E-state index contributed by atoms with van der Waals surface area (Å²) < 4.78 is 139. The molecular weight excluding hydrogens is 937 g/mol. The molecule has 64 heavy (non-hydrogen) atoms. The van der Waals surface area contributed by atoms with E-state index in [1.54, 1.807) is 6.92 Å². The van der Waals surface area contributed by atoms with Gasteiger partial charge in [-0.25, -0.2) is 4.79 Å². The van der Waals surface area contributed by atoms with E-state index in [9.17, 15) is 82.1 Å². The lowest BCUT2D eigenvalue weighted by molar-refractivity contribution is -0.385. The second-order valence-corrected chi connectivity index (χ2v) is 18.6. The summed E-state index contributed by atoms with van der Waals surface area (Å²) in [6, 6.07) is 11.0. The van der Waals surface area contributed by atoms with Crippen LogP contribution in [0.1, 0.15) is 15.9 Å². The molecule has 0 amide bonds. The van der Waals surface area contributed by atoms with Gasteiger partial charge in [0.15, 0.2) is 11.5 Å². The summed E-state index contributed by atoms with van der Waals surface area (Å²) in [7, 11) is -21.2. The van der Waals surface area contributed by atoms with Crippen molar-refractivity contribution in [2.75, 3.05) is 5.73 Å². The first-order valence-electron chi connectivity index (χ1n) is 16.8. The summed E-state index contributed by atoms with van der Waals surface area (Å²) in [6.45, 7) is 1.59. The molecule has 0 fully saturated rings. The average molecular weight is 961 g/mol. The molecule has 6 aromatic rings. The Balaban J connectivity index is 1.54. The molecule has 26 nitrogen and oxygen atoms in total. The van der Waals surface area contributed by atoms with E-state index in [1.165, 1.54) is 18.2 Å². The SMILES string of the molecule is Cc1ccc(N=Nc2c(S(=O)(=O)O)cc3ccc(N=Nc4c(S(=O)(=O)O)cc5cc(S(=O)(=O)O)c(N=Nc6ccc([N+](=O)[O-])cc6S(=O)(=O)O)c(O)c5c4N)cc3c2O)c(C(=O)O)c1. The molecule has 0 aliphatic carbocycles. The van der Waals surface area contributed by atoms with Crippen LogP contribution in [-0.2, 0) is 40.5 Å². The summed E-state index contributed by atoms with van der Waals surface area (Å²) in [5.74, 6) is -3.67. The highest BCUT2D eigenvalue weighted by atomic mass is 32.2. The van der Waals surface area contributed by atoms with Crippen molar-refractivity contribution < 1.29 is 76.9 Å². The van der Waals surface area contributed by atoms with Crippen LogP contribution < -0.4 is 5.73 Å². The minimum atomic E-state index is -5.46. The Morgan fingerprint density at radius 2 is 1.09 bits per heavy atom. The predicted octanol–water partition coefficient (Wildman–Crippen LogP) is 7.13. The van der Waals surface area contributed by atoms with E-state index < -0.39 is 127 Å². The summed E-state index contributed by atoms with van der Waals surface area (Å²) in [4.78, 5) is 17.3. The molecule has 0 spiro atoms. The molecule has 6 aromatic carbocycles. The molecule has 9 N–H and O–H groups in total. The number of rotatable bonds is 12. The third-order valence-electron chi connectivity index (χ3n) is 8.78. The molecule has 0 heterocycles. The summed E-state index contributed by atoms with van der Waals surface area (Å²) >= 11 is 0. The normalized spacial score (nSPS) is 12.9. The first kappa shape index (κ1) is 46.1. The van der Waals surface area contributed by atoms with Crippen LogP contribution in [0.25, 0.3) is 21.5 Å². The van der Waals surface area contributed by atoms with Gasteiger partial charge in [0.05, 0.1) is 27.2 Å². The fraction of sp³-hybridized carbons (Fsp3) is 0.0294. The average Bonchev–Trinajstić information content (AvgIpc) is 3.18. The molecule has 0 radical (unpaired) electrons. The van der Waals surface area contributed by atoms with Crippen LogP contribution in [0.3, 0.4) is 0 Å². The molecule has 0 aliphatic heterocycles. The number of carboxylic acids is 1. The van der Waals surface area contributed by atoms with Gasteiger partial charge in [-0.3, -0.25) is 28.3 Å². The number of nitrogens with two attached hydrogens (primary N) is 1. The number of aromatic hydroxyl groups is 2. The minimum Gasteiger partial charge on any atom is -0.505 e. The zero-order valence-electron chi connectivity index (χ0n) is 31.4. The summed E-state index contributed by atoms with van der Waals surface area (Å²) in [5, 5.41) is 63.8. The van der Waals surface area contributed by atoms with Gasteiger partial charge in [0, 0.05) is 17.5 Å². The Labute approximate surface area is 357 Å². The molecule has 332 valence electrons. The fourth-order valence-corrected chi connectivity index (χ4v) is 8.55.